The molecule has 2 heterocycles. The van der Waals surface area contributed by atoms with Crippen LogP contribution in [0.25, 0.3) is 0 Å². The molecule has 0 aromatic heterocycles. The third kappa shape index (κ3) is 6.13. The molecule has 1 saturated heterocycles. The number of nitrogens with zero attached hydrogens (tertiary/aromatic N) is 3. The Hall–Kier alpha value is -2.93. The Bertz CT molecular complexity index is 1180. The first-order chi connectivity index (χ1) is 18.9. The lowest BCUT2D eigenvalue weighted by Crippen LogP contribution is -2.64. The molecule has 2 aromatic rings. The third-order valence-corrected chi connectivity index (χ3v) is 8.46. The van der Waals surface area contributed by atoms with Gasteiger partial charge in [0.05, 0.1) is 6.10 Å². The van der Waals surface area contributed by atoms with Gasteiger partial charge in [-0.15, -0.1) is 0 Å². The van der Waals surface area contributed by atoms with Gasteiger partial charge in [0.15, 0.2) is 0 Å². The Kier molecular flexibility index (Phi) is 8.55. The molecule has 3 aliphatic rings. The van der Waals surface area contributed by atoms with Crippen molar-refractivity contribution in [3.63, 3.8) is 0 Å². The molecule has 1 aliphatic carbocycles. The van der Waals surface area contributed by atoms with Crippen molar-refractivity contribution in [2.24, 2.45) is 4.99 Å². The van der Waals surface area contributed by atoms with Gasteiger partial charge >= 0.3 is 6.03 Å². The molecule has 1 saturated carbocycles. The quantitative estimate of drug-likeness (QED) is 0.393. The van der Waals surface area contributed by atoms with E-state index in [-0.39, 0.29) is 24.0 Å². The average molecular weight is 535 g/mol. The molecule has 6 nitrogen and oxygen atoms in total. The minimum atomic E-state index is -0.596. The van der Waals surface area contributed by atoms with E-state index >= 15 is 0 Å². The van der Waals surface area contributed by atoms with Crippen molar-refractivity contribution in [3.8, 4) is 5.75 Å². The molecule has 2 aliphatic heterocycles. The van der Waals surface area contributed by atoms with Crippen molar-refractivity contribution in [2.45, 2.75) is 109 Å². The van der Waals surface area contributed by atoms with Gasteiger partial charge in [0, 0.05) is 30.9 Å². The highest BCUT2D eigenvalue weighted by Crippen LogP contribution is 2.42. The topological polar surface area (TPSA) is 57.2 Å². The van der Waals surface area contributed by atoms with E-state index in [1.165, 1.54) is 37.0 Å². The van der Waals surface area contributed by atoms with Gasteiger partial charge in [-0.3, -0.25) is 9.80 Å². The fourth-order valence-electron chi connectivity index (χ4n) is 6.72. The molecule has 2 aromatic carbocycles. The molecule has 0 radical (unpaired) electrons. The van der Waals surface area contributed by atoms with Gasteiger partial charge in [-0.2, -0.15) is 4.99 Å². The van der Waals surface area contributed by atoms with Crippen molar-refractivity contribution >= 4 is 17.6 Å². The summed E-state index contributed by atoms with van der Waals surface area (Å²) in [5, 5.41) is 3.73. The fraction of sp³-hybridized carbons (Fsp3) is 0.562. The van der Waals surface area contributed by atoms with Crippen LogP contribution in [0.2, 0.25) is 0 Å². The predicted octanol–water partition coefficient (Wildman–Crippen LogP) is 7.08. The second-order valence-corrected chi connectivity index (χ2v) is 11.8. The number of nitrogens with one attached hydrogen (secondary N) is 1. The third-order valence-electron chi connectivity index (χ3n) is 8.46. The summed E-state index contributed by atoms with van der Waals surface area (Å²) in [6.45, 7) is 7.95. The van der Waals surface area contributed by atoms with Gasteiger partial charge in [0.2, 0.25) is 0 Å². The number of hydrogen-bond donors (Lipinski definition) is 1. The molecular weight excluding hydrogens is 491 g/mol. The number of likely N-dealkylation sites (tertiary alicyclic amines) is 1. The lowest BCUT2D eigenvalue weighted by molar-refractivity contribution is 0.103. The van der Waals surface area contributed by atoms with E-state index in [1.807, 2.05) is 26.0 Å². The zero-order valence-corrected chi connectivity index (χ0v) is 23.7. The first kappa shape index (κ1) is 27.6. The lowest BCUT2D eigenvalue weighted by atomic mass is 9.78. The van der Waals surface area contributed by atoms with Crippen molar-refractivity contribution in [3.05, 3.63) is 59.9 Å². The number of urea groups is 1. The van der Waals surface area contributed by atoms with Crippen molar-refractivity contribution in [2.75, 3.05) is 11.4 Å². The van der Waals surface area contributed by atoms with Crippen molar-refractivity contribution in [1.29, 1.82) is 0 Å². The Morgan fingerprint density at radius 2 is 1.92 bits per heavy atom. The highest BCUT2D eigenvalue weighted by atomic mass is 19.1. The van der Waals surface area contributed by atoms with E-state index in [4.69, 9.17) is 4.74 Å². The number of aliphatic imine (C=N–C) groups is 1. The van der Waals surface area contributed by atoms with Gasteiger partial charge < -0.3 is 10.1 Å². The van der Waals surface area contributed by atoms with Crippen LogP contribution >= 0.6 is 0 Å². The van der Waals surface area contributed by atoms with Crippen molar-refractivity contribution < 1.29 is 13.9 Å². The molecule has 39 heavy (non-hydrogen) atoms. The van der Waals surface area contributed by atoms with Gasteiger partial charge in [0.1, 0.15) is 22.9 Å². The number of hydrogen-bond acceptors (Lipinski definition) is 4. The van der Waals surface area contributed by atoms with E-state index in [2.05, 4.69) is 40.3 Å². The van der Waals surface area contributed by atoms with E-state index in [1.54, 1.807) is 11.0 Å². The molecule has 0 bridgehead atoms. The Balaban J connectivity index is 1.44. The van der Waals surface area contributed by atoms with Crippen LogP contribution in [-0.4, -0.2) is 47.0 Å². The molecule has 210 valence electrons. The largest absolute Gasteiger partial charge is 0.491 e. The fourth-order valence-corrected chi connectivity index (χ4v) is 6.72. The van der Waals surface area contributed by atoms with Crippen LogP contribution in [0.3, 0.4) is 0 Å². The molecule has 1 spiro atoms. The van der Waals surface area contributed by atoms with Crippen LogP contribution < -0.4 is 15.0 Å². The maximum absolute atomic E-state index is 14.4. The highest BCUT2D eigenvalue weighted by molar-refractivity contribution is 6.16. The molecule has 2 atom stereocenters. The molecule has 1 N–H and O–H groups in total. The number of carbonyl (C=O) groups excluding carboxylic acids is 1. The number of rotatable bonds is 8. The Morgan fingerprint density at radius 1 is 1.13 bits per heavy atom. The van der Waals surface area contributed by atoms with Crippen LogP contribution in [0.1, 0.15) is 84.1 Å². The summed E-state index contributed by atoms with van der Waals surface area (Å²) < 4.78 is 20.3. The molecule has 5 rings (SSSR count). The molecule has 7 heteroatoms. The van der Waals surface area contributed by atoms with Gasteiger partial charge in [-0.1, -0.05) is 50.8 Å². The van der Waals surface area contributed by atoms with Crippen LogP contribution in [0.4, 0.5) is 14.9 Å². The maximum Gasteiger partial charge on any atom is 0.350 e. The summed E-state index contributed by atoms with van der Waals surface area (Å²) in [4.78, 5) is 22.5. The van der Waals surface area contributed by atoms with E-state index in [0.717, 1.165) is 63.2 Å². The predicted molar refractivity (Wildman–Crippen MR) is 155 cm³/mol. The number of carbonyl (C=O) groups is 1. The maximum atomic E-state index is 14.4. The van der Waals surface area contributed by atoms with E-state index in [9.17, 15) is 9.18 Å². The minimum Gasteiger partial charge on any atom is -0.491 e. The summed E-state index contributed by atoms with van der Waals surface area (Å²) in [6, 6.07) is 15.1. The average Bonchev–Trinajstić information content (AvgIpc) is 3.16. The van der Waals surface area contributed by atoms with Crippen molar-refractivity contribution in [1.82, 2.24) is 10.2 Å². The summed E-state index contributed by atoms with van der Waals surface area (Å²) in [7, 11) is 0. The van der Waals surface area contributed by atoms with Crippen LogP contribution in [0.15, 0.2) is 53.5 Å². The molecule has 0 unspecified atom stereocenters. The van der Waals surface area contributed by atoms with Crippen LogP contribution in [0.5, 0.6) is 5.75 Å². The summed E-state index contributed by atoms with van der Waals surface area (Å²) >= 11 is 0. The summed E-state index contributed by atoms with van der Waals surface area (Å²) in [5.74, 6) is 1.35. The highest BCUT2D eigenvalue weighted by Gasteiger charge is 2.54. The summed E-state index contributed by atoms with van der Waals surface area (Å²) in [5.41, 5.74) is 1.22. The smallest absolute Gasteiger partial charge is 0.350 e. The molecular formula is C32H43FN4O2. The Labute approximate surface area is 232 Å². The number of amidine groups is 1. The standard InChI is InChI=1S/C32H43FN4O2/c1-4-10-28-21-32(17-18-36(28)22-24-11-8-16-29(19-24)39-23(2)3)30(34-26-13-6-5-7-14-26)35-31(38)37(32)27-15-9-12-25(33)20-27/h8-9,11-12,15-16,19-20,23,26,28H,4-7,10,13-14,17-18,21-22H2,1-3H3,(H,34,35,38)/t28-,32+/m0/s1. The first-order valence-corrected chi connectivity index (χ1v) is 14.8. The van der Waals surface area contributed by atoms with Gasteiger partial charge in [-0.25, -0.2) is 9.18 Å². The molecule has 2 fully saturated rings. The number of anilines is 1. The minimum absolute atomic E-state index is 0.131. The SMILES string of the molecule is CCC[C@H]1C[C@]2(CCN1Cc1cccc(OC(C)C)c1)C(NC1CCCCC1)=NC(=O)N2c1cccc(F)c1. The first-order valence-electron chi connectivity index (χ1n) is 14.8. The monoisotopic (exact) mass is 534 g/mol. The lowest BCUT2D eigenvalue weighted by Gasteiger charge is -2.49. The second kappa shape index (κ2) is 12.1. The van der Waals surface area contributed by atoms with Gasteiger partial charge in [0.25, 0.3) is 0 Å². The van der Waals surface area contributed by atoms with E-state index < -0.39 is 5.54 Å². The molecule has 2 amide bonds. The zero-order chi connectivity index (χ0) is 27.4. The number of amides is 2. The zero-order valence-electron chi connectivity index (χ0n) is 23.7. The normalized spacial score (nSPS) is 24.4. The van der Waals surface area contributed by atoms with Crippen LogP contribution in [-0.2, 0) is 6.54 Å². The Morgan fingerprint density at radius 3 is 2.67 bits per heavy atom. The second-order valence-electron chi connectivity index (χ2n) is 11.8. The summed E-state index contributed by atoms with van der Waals surface area (Å²) in [6.07, 6.45) is 9.57. The number of ether oxygens (including phenoxy) is 1. The number of halogens is 1. The van der Waals surface area contributed by atoms with E-state index in [0.29, 0.717) is 11.7 Å². The number of piperidine rings is 1. The van der Waals surface area contributed by atoms with Gasteiger partial charge in [-0.05, 0) is 81.8 Å². The number of benzene rings is 2. The van der Waals surface area contributed by atoms with Crippen LogP contribution in [0, 0.1) is 5.82 Å².